The molecule has 1 heterocycles. The van der Waals surface area contributed by atoms with Gasteiger partial charge in [0.1, 0.15) is 5.82 Å². The highest BCUT2D eigenvalue weighted by atomic mass is 35.5. The van der Waals surface area contributed by atoms with Gasteiger partial charge in [-0.05, 0) is 68.1 Å². The molecule has 1 aliphatic heterocycles. The number of hydrogen-bond donors (Lipinski definition) is 2. The highest BCUT2D eigenvalue weighted by Gasteiger charge is 2.33. The molecule has 34 heavy (non-hydrogen) atoms. The Morgan fingerprint density at radius 1 is 0.882 bits per heavy atom. The molecule has 8 heteroatoms. The van der Waals surface area contributed by atoms with E-state index in [2.05, 4.69) is 10.6 Å². The number of likely N-dealkylation sites (tertiary alicyclic amines) is 1. The van der Waals surface area contributed by atoms with Crippen molar-refractivity contribution in [3.63, 3.8) is 0 Å². The molecule has 1 aliphatic carbocycles. The Morgan fingerprint density at radius 3 is 2.29 bits per heavy atom. The molecule has 180 valence electrons. The van der Waals surface area contributed by atoms with Crippen molar-refractivity contribution in [2.24, 2.45) is 5.92 Å². The van der Waals surface area contributed by atoms with E-state index in [9.17, 15) is 18.8 Å². The van der Waals surface area contributed by atoms with Gasteiger partial charge in [-0.2, -0.15) is 0 Å². The zero-order chi connectivity index (χ0) is 24.1. The maximum absolute atomic E-state index is 13.2. The molecule has 0 aromatic heterocycles. The third kappa shape index (κ3) is 5.95. The van der Waals surface area contributed by atoms with Crippen LogP contribution < -0.4 is 10.6 Å². The maximum Gasteiger partial charge on any atom is 0.253 e. The quantitative estimate of drug-likeness (QED) is 0.666. The molecule has 4 rings (SSSR count). The molecule has 1 saturated carbocycles. The number of carbonyl (C=O) groups excluding carboxylic acids is 3. The van der Waals surface area contributed by atoms with Crippen molar-refractivity contribution in [3.05, 3.63) is 70.5 Å². The summed E-state index contributed by atoms with van der Waals surface area (Å²) < 4.78 is 13.2. The van der Waals surface area contributed by atoms with Gasteiger partial charge in [0.05, 0.1) is 5.92 Å². The number of amides is 3. The van der Waals surface area contributed by atoms with Crippen LogP contribution in [0.15, 0.2) is 48.5 Å². The Kier molecular flexibility index (Phi) is 7.83. The van der Waals surface area contributed by atoms with Gasteiger partial charge in [-0.3, -0.25) is 14.4 Å². The van der Waals surface area contributed by atoms with Crippen molar-refractivity contribution >= 4 is 29.3 Å². The topological polar surface area (TPSA) is 78.5 Å². The number of hydrogen-bond acceptors (Lipinski definition) is 3. The van der Waals surface area contributed by atoms with Crippen LogP contribution in [0.5, 0.6) is 0 Å². The Hall–Kier alpha value is -2.93. The van der Waals surface area contributed by atoms with E-state index in [4.69, 9.17) is 11.6 Å². The zero-order valence-electron chi connectivity index (χ0n) is 18.9. The van der Waals surface area contributed by atoms with E-state index in [0.717, 1.165) is 32.1 Å². The molecule has 2 aromatic rings. The Balaban J connectivity index is 1.36. The first-order valence-corrected chi connectivity index (χ1v) is 12.2. The minimum absolute atomic E-state index is 0.0866. The van der Waals surface area contributed by atoms with Crippen molar-refractivity contribution in [1.82, 2.24) is 15.5 Å². The SMILES string of the molecule is O=C(N[C@@H]1CCCC[C@H]1NC(=O)[C@H]1CCCN(C(=O)c2cccc(Cl)c2)C1)c1ccc(F)cc1. The molecular weight excluding hydrogens is 457 g/mol. The lowest BCUT2D eigenvalue weighted by Crippen LogP contribution is -2.55. The van der Waals surface area contributed by atoms with Crippen molar-refractivity contribution in [1.29, 1.82) is 0 Å². The van der Waals surface area contributed by atoms with Crippen molar-refractivity contribution < 1.29 is 18.8 Å². The molecule has 2 aliphatic rings. The van der Waals surface area contributed by atoms with Crippen LogP contribution in [-0.2, 0) is 4.79 Å². The highest BCUT2D eigenvalue weighted by molar-refractivity contribution is 6.30. The molecule has 2 fully saturated rings. The molecular formula is C26H29ClFN3O3. The Morgan fingerprint density at radius 2 is 1.59 bits per heavy atom. The lowest BCUT2D eigenvalue weighted by Gasteiger charge is -2.36. The smallest absolute Gasteiger partial charge is 0.253 e. The van der Waals surface area contributed by atoms with Gasteiger partial charge in [-0.25, -0.2) is 4.39 Å². The molecule has 2 N–H and O–H groups in total. The van der Waals surface area contributed by atoms with Crippen LogP contribution in [0.2, 0.25) is 5.02 Å². The summed E-state index contributed by atoms with van der Waals surface area (Å²) in [5.41, 5.74) is 0.906. The number of halogens is 2. The summed E-state index contributed by atoms with van der Waals surface area (Å²) >= 11 is 6.03. The van der Waals surface area contributed by atoms with Gasteiger partial charge in [0.25, 0.3) is 11.8 Å². The molecule has 3 amide bonds. The van der Waals surface area contributed by atoms with E-state index in [-0.39, 0.29) is 35.7 Å². The van der Waals surface area contributed by atoms with Gasteiger partial charge >= 0.3 is 0 Å². The summed E-state index contributed by atoms with van der Waals surface area (Å²) in [7, 11) is 0. The molecule has 1 saturated heterocycles. The molecule has 0 unspecified atom stereocenters. The van der Waals surface area contributed by atoms with Gasteiger partial charge < -0.3 is 15.5 Å². The summed E-state index contributed by atoms with van der Waals surface area (Å²) in [5, 5.41) is 6.66. The van der Waals surface area contributed by atoms with Gasteiger partial charge in [0, 0.05) is 41.3 Å². The van der Waals surface area contributed by atoms with Gasteiger partial charge in [0.15, 0.2) is 0 Å². The van der Waals surface area contributed by atoms with Crippen molar-refractivity contribution in [2.75, 3.05) is 13.1 Å². The predicted molar refractivity (Wildman–Crippen MR) is 128 cm³/mol. The van der Waals surface area contributed by atoms with Crippen LogP contribution in [0.4, 0.5) is 4.39 Å². The minimum Gasteiger partial charge on any atom is -0.351 e. The van der Waals surface area contributed by atoms with Crippen LogP contribution in [0.1, 0.15) is 59.2 Å². The normalized spacial score (nSPS) is 22.6. The number of rotatable bonds is 5. The number of benzene rings is 2. The Labute approximate surface area is 203 Å². The van der Waals surface area contributed by atoms with Gasteiger partial charge in [-0.1, -0.05) is 30.5 Å². The second-order valence-corrected chi connectivity index (χ2v) is 9.52. The lowest BCUT2D eigenvalue weighted by molar-refractivity contribution is -0.127. The second-order valence-electron chi connectivity index (χ2n) is 9.09. The third-order valence-corrected chi connectivity index (χ3v) is 6.90. The summed E-state index contributed by atoms with van der Waals surface area (Å²) in [4.78, 5) is 40.4. The van der Waals surface area contributed by atoms with Gasteiger partial charge in [0.2, 0.25) is 5.91 Å². The highest BCUT2D eigenvalue weighted by Crippen LogP contribution is 2.23. The first kappa shape index (κ1) is 24.2. The maximum atomic E-state index is 13.2. The molecule has 6 nitrogen and oxygen atoms in total. The fourth-order valence-corrected chi connectivity index (χ4v) is 5.00. The number of piperidine rings is 1. The minimum atomic E-state index is -0.394. The van der Waals surface area contributed by atoms with E-state index in [0.29, 0.717) is 35.7 Å². The van der Waals surface area contributed by atoms with E-state index in [1.54, 1.807) is 29.2 Å². The largest absolute Gasteiger partial charge is 0.351 e. The summed E-state index contributed by atoms with van der Waals surface area (Å²) in [6, 6.07) is 11.9. The summed E-state index contributed by atoms with van der Waals surface area (Å²) in [6.45, 7) is 0.964. The average Bonchev–Trinajstić information content (AvgIpc) is 2.85. The lowest BCUT2D eigenvalue weighted by atomic mass is 9.88. The van der Waals surface area contributed by atoms with Crippen LogP contribution in [0.3, 0.4) is 0 Å². The van der Waals surface area contributed by atoms with Crippen LogP contribution >= 0.6 is 11.6 Å². The van der Waals surface area contributed by atoms with Crippen LogP contribution in [0.25, 0.3) is 0 Å². The first-order valence-electron chi connectivity index (χ1n) is 11.8. The third-order valence-electron chi connectivity index (χ3n) is 6.67. The number of carbonyl (C=O) groups is 3. The van der Waals surface area contributed by atoms with E-state index >= 15 is 0 Å². The standard InChI is InChI=1S/C26H29ClFN3O3/c27-20-7-3-5-18(15-20)26(34)31-14-4-6-19(16-31)25(33)30-23-9-2-1-8-22(23)29-24(32)17-10-12-21(28)13-11-17/h3,5,7,10-13,15,19,22-23H,1-2,4,6,8-9,14,16H2,(H,29,32)(H,30,33)/t19-,22+,23+/m0/s1. The summed E-state index contributed by atoms with van der Waals surface area (Å²) in [6.07, 6.45) is 4.94. The fourth-order valence-electron chi connectivity index (χ4n) is 4.81. The predicted octanol–water partition coefficient (Wildman–Crippen LogP) is 4.19. The number of nitrogens with zero attached hydrogens (tertiary/aromatic N) is 1. The molecule has 2 aromatic carbocycles. The zero-order valence-corrected chi connectivity index (χ0v) is 19.7. The van der Waals surface area contributed by atoms with Crippen LogP contribution in [-0.4, -0.2) is 47.8 Å². The van der Waals surface area contributed by atoms with E-state index in [1.807, 2.05) is 0 Å². The molecule has 0 radical (unpaired) electrons. The molecule has 0 spiro atoms. The summed E-state index contributed by atoms with van der Waals surface area (Å²) in [5.74, 6) is -1.18. The van der Waals surface area contributed by atoms with Crippen molar-refractivity contribution in [3.8, 4) is 0 Å². The van der Waals surface area contributed by atoms with E-state index in [1.165, 1.54) is 24.3 Å². The molecule has 3 atom stereocenters. The first-order chi connectivity index (χ1) is 16.4. The fraction of sp³-hybridized carbons (Fsp3) is 0.423. The van der Waals surface area contributed by atoms with E-state index < -0.39 is 5.82 Å². The Bertz CT molecular complexity index is 1050. The molecule has 0 bridgehead atoms. The number of nitrogens with one attached hydrogen (secondary N) is 2. The second kappa shape index (κ2) is 11.0. The van der Waals surface area contributed by atoms with Gasteiger partial charge in [-0.15, -0.1) is 0 Å². The monoisotopic (exact) mass is 485 g/mol. The van der Waals surface area contributed by atoms with Crippen LogP contribution in [0, 0.1) is 11.7 Å². The van der Waals surface area contributed by atoms with Crippen molar-refractivity contribution in [2.45, 2.75) is 50.6 Å². The average molecular weight is 486 g/mol.